The largest absolute Gasteiger partial charge is 0.330 e. The summed E-state index contributed by atoms with van der Waals surface area (Å²) in [5.41, 5.74) is 5.88. The van der Waals surface area contributed by atoms with Gasteiger partial charge in [-0.2, -0.15) is 0 Å². The van der Waals surface area contributed by atoms with Crippen LogP contribution < -0.4 is 5.73 Å². The minimum absolute atomic E-state index is 0.820. The molecule has 88 valence electrons. The highest BCUT2D eigenvalue weighted by atomic mass is 15.1. The van der Waals surface area contributed by atoms with Gasteiger partial charge < -0.3 is 10.6 Å². The molecule has 1 aliphatic carbocycles. The third-order valence-electron chi connectivity index (χ3n) is 4.31. The first-order valence-electron chi connectivity index (χ1n) is 6.82. The van der Waals surface area contributed by atoms with Gasteiger partial charge in [0.2, 0.25) is 0 Å². The lowest BCUT2D eigenvalue weighted by Crippen LogP contribution is -2.39. The monoisotopic (exact) mass is 210 g/mol. The average molecular weight is 210 g/mol. The molecule has 1 heterocycles. The summed E-state index contributed by atoms with van der Waals surface area (Å²) in [5, 5.41) is 0. The molecule has 0 amide bonds. The minimum atomic E-state index is 0.820. The molecule has 1 saturated heterocycles. The first-order valence-corrected chi connectivity index (χ1v) is 6.82. The van der Waals surface area contributed by atoms with E-state index in [1.165, 1.54) is 64.6 Å². The Balaban J connectivity index is 1.79. The molecular weight excluding hydrogens is 184 g/mol. The number of hydrogen-bond donors (Lipinski definition) is 1. The molecule has 0 aromatic heterocycles. The quantitative estimate of drug-likeness (QED) is 0.774. The third kappa shape index (κ3) is 3.18. The summed E-state index contributed by atoms with van der Waals surface area (Å²) in [6.07, 6.45) is 9.95. The van der Waals surface area contributed by atoms with E-state index in [4.69, 9.17) is 5.73 Å². The van der Waals surface area contributed by atoms with Crippen LogP contribution in [0.4, 0.5) is 0 Å². The van der Waals surface area contributed by atoms with Crippen molar-refractivity contribution in [2.75, 3.05) is 26.2 Å². The molecule has 0 bridgehead atoms. The maximum absolute atomic E-state index is 5.88. The van der Waals surface area contributed by atoms with Crippen LogP contribution >= 0.6 is 0 Å². The van der Waals surface area contributed by atoms with Crippen molar-refractivity contribution in [1.29, 1.82) is 0 Å². The molecule has 2 N–H and O–H groups in total. The summed E-state index contributed by atoms with van der Waals surface area (Å²) in [6, 6.07) is 0. The lowest BCUT2D eigenvalue weighted by atomic mass is 9.79. The number of nitrogens with zero attached hydrogens (tertiary/aromatic N) is 1. The zero-order valence-electron chi connectivity index (χ0n) is 9.96. The normalized spacial score (nSPS) is 34.2. The van der Waals surface area contributed by atoms with E-state index < -0.39 is 0 Å². The van der Waals surface area contributed by atoms with Crippen molar-refractivity contribution in [2.24, 2.45) is 17.6 Å². The van der Waals surface area contributed by atoms with Gasteiger partial charge in [0.05, 0.1) is 0 Å². The number of piperidine rings is 1. The lowest BCUT2D eigenvalue weighted by Gasteiger charge is -2.36. The fourth-order valence-electron chi connectivity index (χ4n) is 3.31. The van der Waals surface area contributed by atoms with E-state index in [9.17, 15) is 0 Å². The second-order valence-electron chi connectivity index (χ2n) is 5.40. The second kappa shape index (κ2) is 5.86. The number of rotatable bonds is 3. The molecule has 0 spiro atoms. The van der Waals surface area contributed by atoms with Crippen LogP contribution in [0.15, 0.2) is 0 Å². The van der Waals surface area contributed by atoms with Gasteiger partial charge in [-0.15, -0.1) is 0 Å². The molecule has 2 rings (SSSR count). The highest BCUT2D eigenvalue weighted by molar-refractivity contribution is 4.79. The van der Waals surface area contributed by atoms with Crippen LogP contribution in [-0.2, 0) is 0 Å². The SMILES string of the molecule is NCC1CCCCC1CN1CCCCC1. The minimum Gasteiger partial charge on any atom is -0.330 e. The Morgan fingerprint density at radius 1 is 0.867 bits per heavy atom. The Morgan fingerprint density at radius 2 is 1.53 bits per heavy atom. The van der Waals surface area contributed by atoms with Gasteiger partial charge in [0, 0.05) is 6.54 Å². The van der Waals surface area contributed by atoms with Crippen LogP contribution in [0.3, 0.4) is 0 Å². The highest BCUT2D eigenvalue weighted by Gasteiger charge is 2.26. The molecule has 2 aliphatic rings. The van der Waals surface area contributed by atoms with Gasteiger partial charge in [-0.1, -0.05) is 19.3 Å². The summed E-state index contributed by atoms with van der Waals surface area (Å²) in [7, 11) is 0. The summed E-state index contributed by atoms with van der Waals surface area (Å²) >= 11 is 0. The molecule has 2 heteroatoms. The molecule has 2 atom stereocenters. The second-order valence-corrected chi connectivity index (χ2v) is 5.40. The van der Waals surface area contributed by atoms with Crippen LogP contribution in [-0.4, -0.2) is 31.1 Å². The number of hydrogen-bond acceptors (Lipinski definition) is 2. The molecule has 0 aromatic carbocycles. The smallest absolute Gasteiger partial charge is 0.00128 e. The van der Waals surface area contributed by atoms with Crippen molar-refractivity contribution in [3.8, 4) is 0 Å². The van der Waals surface area contributed by atoms with E-state index >= 15 is 0 Å². The van der Waals surface area contributed by atoms with Crippen molar-refractivity contribution < 1.29 is 0 Å². The fraction of sp³-hybridized carbons (Fsp3) is 1.00. The molecular formula is C13H26N2. The Hall–Kier alpha value is -0.0800. The van der Waals surface area contributed by atoms with Crippen molar-refractivity contribution >= 4 is 0 Å². The summed E-state index contributed by atoms with van der Waals surface area (Å²) in [5.74, 6) is 1.72. The van der Waals surface area contributed by atoms with E-state index in [1.807, 2.05) is 0 Å². The van der Waals surface area contributed by atoms with Gasteiger partial charge >= 0.3 is 0 Å². The predicted molar refractivity (Wildman–Crippen MR) is 64.8 cm³/mol. The summed E-state index contributed by atoms with van der Waals surface area (Å²) in [4.78, 5) is 2.68. The molecule has 15 heavy (non-hydrogen) atoms. The van der Waals surface area contributed by atoms with E-state index in [0.29, 0.717) is 0 Å². The summed E-state index contributed by atoms with van der Waals surface area (Å²) < 4.78 is 0. The van der Waals surface area contributed by atoms with E-state index in [-0.39, 0.29) is 0 Å². The highest BCUT2D eigenvalue weighted by Crippen LogP contribution is 2.30. The first-order chi connectivity index (χ1) is 7.40. The van der Waals surface area contributed by atoms with E-state index in [0.717, 1.165) is 18.4 Å². The number of likely N-dealkylation sites (tertiary alicyclic amines) is 1. The maximum Gasteiger partial charge on any atom is 0.00128 e. The van der Waals surface area contributed by atoms with Crippen molar-refractivity contribution in [3.05, 3.63) is 0 Å². The van der Waals surface area contributed by atoms with Gasteiger partial charge in [0.1, 0.15) is 0 Å². The zero-order valence-corrected chi connectivity index (χ0v) is 9.96. The van der Waals surface area contributed by atoms with Crippen LogP contribution in [0.25, 0.3) is 0 Å². The molecule has 1 aliphatic heterocycles. The molecule has 1 saturated carbocycles. The van der Waals surface area contributed by atoms with Crippen molar-refractivity contribution in [3.63, 3.8) is 0 Å². The Morgan fingerprint density at radius 3 is 2.20 bits per heavy atom. The van der Waals surface area contributed by atoms with Gasteiger partial charge in [0.15, 0.2) is 0 Å². The number of nitrogens with two attached hydrogens (primary N) is 1. The van der Waals surface area contributed by atoms with Gasteiger partial charge in [-0.05, 0) is 57.2 Å². The molecule has 2 unspecified atom stereocenters. The van der Waals surface area contributed by atoms with E-state index in [2.05, 4.69) is 4.90 Å². The fourth-order valence-corrected chi connectivity index (χ4v) is 3.31. The summed E-state index contributed by atoms with van der Waals surface area (Å²) in [6.45, 7) is 4.93. The van der Waals surface area contributed by atoms with Crippen LogP contribution in [0.2, 0.25) is 0 Å². The standard InChI is InChI=1S/C13H26N2/c14-10-12-6-2-3-7-13(12)11-15-8-4-1-5-9-15/h12-13H,1-11,14H2. The molecule has 2 nitrogen and oxygen atoms in total. The lowest BCUT2D eigenvalue weighted by molar-refractivity contribution is 0.137. The van der Waals surface area contributed by atoms with Crippen LogP contribution in [0.1, 0.15) is 44.9 Å². The van der Waals surface area contributed by atoms with Gasteiger partial charge in [-0.25, -0.2) is 0 Å². The third-order valence-corrected chi connectivity index (χ3v) is 4.31. The Kier molecular flexibility index (Phi) is 4.45. The Labute approximate surface area is 94.2 Å². The topological polar surface area (TPSA) is 29.3 Å². The van der Waals surface area contributed by atoms with Crippen molar-refractivity contribution in [2.45, 2.75) is 44.9 Å². The molecule has 0 radical (unpaired) electrons. The molecule has 2 fully saturated rings. The van der Waals surface area contributed by atoms with Crippen LogP contribution in [0.5, 0.6) is 0 Å². The maximum atomic E-state index is 5.88. The van der Waals surface area contributed by atoms with Crippen LogP contribution in [0, 0.1) is 11.8 Å². The van der Waals surface area contributed by atoms with Gasteiger partial charge in [-0.3, -0.25) is 0 Å². The zero-order chi connectivity index (χ0) is 10.5. The average Bonchev–Trinajstić information content (AvgIpc) is 2.31. The van der Waals surface area contributed by atoms with Gasteiger partial charge in [0.25, 0.3) is 0 Å². The van der Waals surface area contributed by atoms with E-state index in [1.54, 1.807) is 0 Å². The first kappa shape index (κ1) is 11.4. The van der Waals surface area contributed by atoms with Crippen molar-refractivity contribution in [1.82, 2.24) is 4.90 Å². The Bertz CT molecular complexity index is 175. The molecule has 0 aromatic rings. The predicted octanol–water partition coefficient (Wildman–Crippen LogP) is 2.24.